The fraction of sp³-hybridized carbons (Fsp3) is 0.250. The number of pyridine rings is 1. The van der Waals surface area contributed by atoms with Gasteiger partial charge in [0.05, 0.1) is 11.2 Å². The molecule has 0 bridgehead atoms. The minimum Gasteiger partial charge on any atom is -0.314 e. The predicted octanol–water partition coefficient (Wildman–Crippen LogP) is 2.92. The number of nitrogens with one attached hydrogen (secondary N) is 1. The summed E-state index contributed by atoms with van der Waals surface area (Å²) in [5, 5.41) is 5.00. The second-order valence-corrected chi connectivity index (χ2v) is 3.98. The van der Waals surface area contributed by atoms with Crippen molar-refractivity contribution in [3.05, 3.63) is 40.5 Å². The molecule has 1 aromatic carbocycles. The third kappa shape index (κ3) is 1.96. The Balaban J connectivity index is 2.63. The molecule has 0 amide bonds. The molecule has 2 aromatic rings. The van der Waals surface area contributed by atoms with E-state index in [9.17, 15) is 0 Å². The van der Waals surface area contributed by atoms with Gasteiger partial charge < -0.3 is 5.32 Å². The number of halogens is 1. The van der Waals surface area contributed by atoms with Gasteiger partial charge in [0.1, 0.15) is 0 Å². The minimum atomic E-state index is 0.775. The molecule has 1 heterocycles. The first kappa shape index (κ1) is 10.4. The molecule has 78 valence electrons. The molecule has 0 aliphatic carbocycles. The highest BCUT2D eigenvalue weighted by Gasteiger charge is 2.03. The Morgan fingerprint density at radius 3 is 2.73 bits per heavy atom. The zero-order valence-corrected chi connectivity index (χ0v) is 9.60. The van der Waals surface area contributed by atoms with Crippen molar-refractivity contribution in [3.8, 4) is 0 Å². The number of benzene rings is 1. The van der Waals surface area contributed by atoms with Gasteiger partial charge in [-0.2, -0.15) is 0 Å². The standard InChI is InChI=1S/C12H13ClN2/c1-8-11(13)6-4-9-3-5-10(7-14-2)15-12(8)9/h3-6,14H,7H2,1-2H3. The maximum Gasteiger partial charge on any atom is 0.0749 e. The molecule has 2 nitrogen and oxygen atoms in total. The average molecular weight is 221 g/mol. The molecule has 15 heavy (non-hydrogen) atoms. The van der Waals surface area contributed by atoms with Crippen LogP contribution in [0.2, 0.25) is 5.02 Å². The van der Waals surface area contributed by atoms with Crippen molar-refractivity contribution in [2.24, 2.45) is 0 Å². The minimum absolute atomic E-state index is 0.775. The zero-order chi connectivity index (χ0) is 10.8. The predicted molar refractivity (Wildman–Crippen MR) is 64.3 cm³/mol. The van der Waals surface area contributed by atoms with Gasteiger partial charge >= 0.3 is 0 Å². The number of hydrogen-bond donors (Lipinski definition) is 1. The van der Waals surface area contributed by atoms with Gasteiger partial charge in [-0.3, -0.25) is 4.98 Å². The number of rotatable bonds is 2. The average Bonchev–Trinajstić information content (AvgIpc) is 2.25. The number of nitrogens with zero attached hydrogens (tertiary/aromatic N) is 1. The molecular weight excluding hydrogens is 208 g/mol. The summed E-state index contributed by atoms with van der Waals surface area (Å²) in [5.74, 6) is 0. The summed E-state index contributed by atoms with van der Waals surface area (Å²) in [4.78, 5) is 4.58. The maximum absolute atomic E-state index is 6.06. The Labute approximate surface area is 94.3 Å². The van der Waals surface area contributed by atoms with Crippen LogP contribution in [-0.4, -0.2) is 12.0 Å². The summed E-state index contributed by atoms with van der Waals surface area (Å²) >= 11 is 6.06. The second-order valence-electron chi connectivity index (χ2n) is 3.58. The topological polar surface area (TPSA) is 24.9 Å². The summed E-state index contributed by atoms with van der Waals surface area (Å²) in [6, 6.07) is 8.03. The van der Waals surface area contributed by atoms with Crippen LogP contribution < -0.4 is 5.32 Å². The van der Waals surface area contributed by atoms with E-state index in [2.05, 4.69) is 16.4 Å². The molecule has 1 N–H and O–H groups in total. The Morgan fingerprint density at radius 1 is 1.27 bits per heavy atom. The molecule has 0 saturated carbocycles. The fourth-order valence-corrected chi connectivity index (χ4v) is 1.78. The molecule has 0 fully saturated rings. The lowest BCUT2D eigenvalue weighted by atomic mass is 10.1. The van der Waals surface area contributed by atoms with Crippen LogP contribution in [0, 0.1) is 6.92 Å². The molecule has 0 unspecified atom stereocenters. The normalized spacial score (nSPS) is 10.9. The van der Waals surface area contributed by atoms with Crippen LogP contribution >= 0.6 is 11.6 Å². The summed E-state index contributed by atoms with van der Waals surface area (Å²) < 4.78 is 0. The molecule has 0 saturated heterocycles. The van der Waals surface area contributed by atoms with Gasteiger partial charge in [-0.25, -0.2) is 0 Å². The first-order valence-corrected chi connectivity index (χ1v) is 5.29. The van der Waals surface area contributed by atoms with E-state index in [-0.39, 0.29) is 0 Å². The van der Waals surface area contributed by atoms with Gasteiger partial charge in [-0.1, -0.05) is 23.7 Å². The molecule has 0 spiro atoms. The van der Waals surface area contributed by atoms with E-state index in [0.29, 0.717) is 0 Å². The summed E-state index contributed by atoms with van der Waals surface area (Å²) in [6.45, 7) is 2.78. The van der Waals surface area contributed by atoms with E-state index in [1.165, 1.54) is 0 Å². The van der Waals surface area contributed by atoms with E-state index < -0.39 is 0 Å². The van der Waals surface area contributed by atoms with E-state index in [1.54, 1.807) is 0 Å². The smallest absolute Gasteiger partial charge is 0.0749 e. The highest BCUT2D eigenvalue weighted by molar-refractivity contribution is 6.32. The number of hydrogen-bond acceptors (Lipinski definition) is 2. The zero-order valence-electron chi connectivity index (χ0n) is 8.84. The SMILES string of the molecule is CNCc1ccc2ccc(Cl)c(C)c2n1. The number of aromatic nitrogens is 1. The van der Waals surface area contributed by atoms with Gasteiger partial charge in [-0.15, -0.1) is 0 Å². The first-order chi connectivity index (χ1) is 7.22. The summed E-state index contributed by atoms with van der Waals surface area (Å²) in [5.41, 5.74) is 3.08. The van der Waals surface area contributed by atoms with Gasteiger partial charge in [0, 0.05) is 17.0 Å². The monoisotopic (exact) mass is 220 g/mol. The van der Waals surface area contributed by atoms with E-state index in [1.807, 2.05) is 32.2 Å². The van der Waals surface area contributed by atoms with Gasteiger partial charge in [-0.05, 0) is 31.7 Å². The fourth-order valence-electron chi connectivity index (χ4n) is 1.63. The van der Waals surface area contributed by atoms with Crippen LogP contribution in [0.4, 0.5) is 0 Å². The molecule has 2 rings (SSSR count). The lowest BCUT2D eigenvalue weighted by Crippen LogP contribution is -2.06. The Morgan fingerprint density at radius 2 is 2.00 bits per heavy atom. The second kappa shape index (κ2) is 4.17. The van der Waals surface area contributed by atoms with Gasteiger partial charge in [0.2, 0.25) is 0 Å². The molecule has 3 heteroatoms. The van der Waals surface area contributed by atoms with Crippen molar-refractivity contribution in [1.29, 1.82) is 0 Å². The molecule has 0 atom stereocenters. The maximum atomic E-state index is 6.06. The van der Waals surface area contributed by atoms with Crippen molar-refractivity contribution in [1.82, 2.24) is 10.3 Å². The quantitative estimate of drug-likeness (QED) is 0.842. The molecule has 0 aliphatic rings. The molecule has 0 aliphatic heterocycles. The van der Waals surface area contributed by atoms with Crippen molar-refractivity contribution in [2.75, 3.05) is 7.05 Å². The number of fused-ring (bicyclic) bond motifs is 1. The largest absolute Gasteiger partial charge is 0.314 e. The van der Waals surface area contributed by atoms with E-state index >= 15 is 0 Å². The lowest BCUT2D eigenvalue weighted by molar-refractivity contribution is 0.795. The van der Waals surface area contributed by atoms with Crippen LogP contribution in [0.1, 0.15) is 11.3 Å². The van der Waals surface area contributed by atoms with Crippen LogP contribution in [0.15, 0.2) is 24.3 Å². The van der Waals surface area contributed by atoms with Gasteiger partial charge in [0.15, 0.2) is 0 Å². The first-order valence-electron chi connectivity index (χ1n) is 4.91. The van der Waals surface area contributed by atoms with Crippen LogP contribution in [-0.2, 0) is 6.54 Å². The Hall–Kier alpha value is -1.12. The van der Waals surface area contributed by atoms with Gasteiger partial charge in [0.25, 0.3) is 0 Å². The van der Waals surface area contributed by atoms with Crippen LogP contribution in [0.3, 0.4) is 0 Å². The van der Waals surface area contributed by atoms with Crippen molar-refractivity contribution in [2.45, 2.75) is 13.5 Å². The summed E-state index contributed by atoms with van der Waals surface area (Å²) in [6.07, 6.45) is 0. The van der Waals surface area contributed by atoms with Crippen molar-refractivity contribution >= 4 is 22.5 Å². The van der Waals surface area contributed by atoms with Crippen LogP contribution in [0.5, 0.6) is 0 Å². The van der Waals surface area contributed by atoms with E-state index in [4.69, 9.17) is 11.6 Å². The molecule has 1 aromatic heterocycles. The van der Waals surface area contributed by atoms with Crippen molar-refractivity contribution in [3.63, 3.8) is 0 Å². The third-order valence-electron chi connectivity index (χ3n) is 2.46. The van der Waals surface area contributed by atoms with Crippen molar-refractivity contribution < 1.29 is 0 Å². The summed E-state index contributed by atoms with van der Waals surface area (Å²) in [7, 11) is 1.91. The lowest BCUT2D eigenvalue weighted by Gasteiger charge is -2.06. The Kier molecular flexibility index (Phi) is 2.89. The van der Waals surface area contributed by atoms with E-state index in [0.717, 1.165) is 33.7 Å². The number of aryl methyl sites for hydroxylation is 1. The molecule has 0 radical (unpaired) electrons. The highest BCUT2D eigenvalue weighted by atomic mass is 35.5. The highest BCUT2D eigenvalue weighted by Crippen LogP contribution is 2.23. The third-order valence-corrected chi connectivity index (χ3v) is 2.87. The van der Waals surface area contributed by atoms with Crippen LogP contribution in [0.25, 0.3) is 10.9 Å². The Bertz CT molecular complexity index is 494. The molecular formula is C12H13ClN2.